The first-order chi connectivity index (χ1) is 15.3. The summed E-state index contributed by atoms with van der Waals surface area (Å²) >= 11 is 0. The van der Waals surface area contributed by atoms with E-state index in [1.54, 1.807) is 9.47 Å². The zero-order valence-corrected chi connectivity index (χ0v) is 21.1. The molecule has 0 atom stereocenters. The van der Waals surface area contributed by atoms with Crippen molar-refractivity contribution in [1.29, 1.82) is 0 Å². The van der Waals surface area contributed by atoms with E-state index in [9.17, 15) is 17.6 Å². The molecule has 0 saturated carbocycles. The van der Waals surface area contributed by atoms with Crippen LogP contribution in [0.25, 0.3) is 0 Å². The number of nitrogens with zero attached hydrogens (tertiary/aromatic N) is 3. The minimum atomic E-state index is -3.82. The van der Waals surface area contributed by atoms with Crippen molar-refractivity contribution < 1.29 is 22.3 Å². The molecule has 10 heteroatoms. The number of aromatic nitrogens is 2. The molecule has 2 aromatic rings. The molecule has 1 aromatic carbocycles. The van der Waals surface area contributed by atoms with Crippen LogP contribution < -0.4 is 5.32 Å². The summed E-state index contributed by atoms with van der Waals surface area (Å²) < 4.78 is 46.3. The molecule has 0 aliphatic carbocycles. The smallest absolute Gasteiger partial charge is 0.318 e. The van der Waals surface area contributed by atoms with Crippen LogP contribution in [-0.4, -0.2) is 54.7 Å². The highest BCUT2D eigenvalue weighted by Gasteiger charge is 2.27. The van der Waals surface area contributed by atoms with Gasteiger partial charge in [-0.05, 0) is 44.4 Å². The van der Waals surface area contributed by atoms with Gasteiger partial charge in [-0.25, -0.2) is 22.6 Å². The Balaban J connectivity index is 2.38. The first-order valence-electron chi connectivity index (χ1n) is 10.9. The third-order valence-corrected chi connectivity index (χ3v) is 6.27. The molecule has 8 nitrogen and oxygen atoms in total. The fourth-order valence-corrected chi connectivity index (χ4v) is 4.83. The fraction of sp³-hybridized carbons (Fsp3) is 0.565. The van der Waals surface area contributed by atoms with Gasteiger partial charge in [-0.2, -0.15) is 0 Å². The monoisotopic (exact) mass is 482 g/mol. The molecule has 1 N–H and O–H groups in total. The number of urea groups is 1. The molecule has 0 aliphatic rings. The molecule has 33 heavy (non-hydrogen) atoms. The largest absolute Gasteiger partial charge is 0.383 e. The highest BCUT2D eigenvalue weighted by molar-refractivity contribution is 7.90. The topological polar surface area (TPSA) is 93.5 Å². The molecule has 184 valence electrons. The van der Waals surface area contributed by atoms with E-state index in [0.717, 1.165) is 0 Å². The summed E-state index contributed by atoms with van der Waals surface area (Å²) in [6.45, 7) is 11.0. The molecular weight excluding hydrogens is 447 g/mol. The maximum atomic E-state index is 13.2. The first-order valence-corrected chi connectivity index (χ1v) is 12.5. The molecule has 0 bridgehead atoms. The summed E-state index contributed by atoms with van der Waals surface area (Å²) in [7, 11) is -2.29. The lowest BCUT2D eigenvalue weighted by Crippen LogP contribution is -2.49. The average Bonchev–Trinajstić information content (AvgIpc) is 3.09. The molecule has 0 aliphatic heterocycles. The van der Waals surface area contributed by atoms with E-state index >= 15 is 0 Å². The Morgan fingerprint density at radius 2 is 1.88 bits per heavy atom. The second-order valence-electron chi connectivity index (χ2n) is 9.52. The first kappa shape index (κ1) is 26.8. The van der Waals surface area contributed by atoms with Gasteiger partial charge >= 0.3 is 6.03 Å². The zero-order chi connectivity index (χ0) is 24.8. The highest BCUT2D eigenvalue weighted by atomic mass is 32.2. The number of ether oxygens (including phenoxy) is 1. The number of sulfone groups is 1. The van der Waals surface area contributed by atoms with E-state index in [2.05, 4.69) is 10.3 Å². The number of benzene rings is 1. The quantitative estimate of drug-likeness (QED) is 0.558. The second kappa shape index (κ2) is 11.1. The Labute approximate surface area is 196 Å². The van der Waals surface area contributed by atoms with Crippen LogP contribution in [0.5, 0.6) is 0 Å². The molecule has 0 saturated heterocycles. The molecule has 1 aromatic heterocycles. The maximum Gasteiger partial charge on any atom is 0.318 e. The van der Waals surface area contributed by atoms with Gasteiger partial charge in [0.25, 0.3) is 0 Å². The van der Waals surface area contributed by atoms with Gasteiger partial charge in [0.2, 0.25) is 15.0 Å². The predicted molar refractivity (Wildman–Crippen MR) is 125 cm³/mol. The van der Waals surface area contributed by atoms with Gasteiger partial charge in [0.05, 0.1) is 30.8 Å². The molecule has 0 spiro atoms. The van der Waals surface area contributed by atoms with Crippen molar-refractivity contribution in [2.45, 2.75) is 64.2 Å². The van der Waals surface area contributed by atoms with Gasteiger partial charge in [-0.1, -0.05) is 26.0 Å². The SMILES string of the molecule is COCCn1c(CN(CC(C)C)C(=O)NC(C)(C)C)cnc1S(=O)(=O)Cc1ccc(F)cc1. The van der Waals surface area contributed by atoms with Crippen molar-refractivity contribution in [3.8, 4) is 0 Å². The lowest BCUT2D eigenvalue weighted by molar-refractivity contribution is 0.172. The van der Waals surface area contributed by atoms with Gasteiger partial charge < -0.3 is 19.5 Å². The van der Waals surface area contributed by atoms with Crippen molar-refractivity contribution in [2.24, 2.45) is 5.92 Å². The standard InChI is InChI=1S/C23H35FN4O4S/c1-17(2)14-27(21(29)26-23(3,4)5)15-20-13-25-22(28(20)11-12-32-6)33(30,31)16-18-7-9-19(24)10-8-18/h7-10,13,17H,11-12,14-16H2,1-6H3,(H,26,29). The number of carbonyl (C=O) groups is 1. The summed E-state index contributed by atoms with van der Waals surface area (Å²) in [6, 6.07) is 5.11. The minimum absolute atomic E-state index is 0.0976. The number of hydrogen-bond donors (Lipinski definition) is 1. The van der Waals surface area contributed by atoms with Crippen molar-refractivity contribution in [1.82, 2.24) is 19.8 Å². The van der Waals surface area contributed by atoms with E-state index in [0.29, 0.717) is 17.8 Å². The van der Waals surface area contributed by atoms with Crippen LogP contribution >= 0.6 is 0 Å². The van der Waals surface area contributed by atoms with Gasteiger partial charge in [0.1, 0.15) is 5.82 Å². The van der Waals surface area contributed by atoms with Crippen LogP contribution in [0, 0.1) is 11.7 Å². The van der Waals surface area contributed by atoms with Crippen molar-refractivity contribution in [3.05, 3.63) is 47.5 Å². The van der Waals surface area contributed by atoms with Crippen LogP contribution in [-0.2, 0) is 33.4 Å². The Hall–Kier alpha value is -2.46. The number of amides is 2. The zero-order valence-electron chi connectivity index (χ0n) is 20.3. The number of carbonyl (C=O) groups excluding carboxylic acids is 1. The number of hydrogen-bond acceptors (Lipinski definition) is 5. The molecule has 0 unspecified atom stereocenters. The minimum Gasteiger partial charge on any atom is -0.383 e. The second-order valence-corrected chi connectivity index (χ2v) is 11.4. The third-order valence-electron chi connectivity index (χ3n) is 4.68. The number of rotatable bonds is 10. The molecule has 2 rings (SSSR count). The molecule has 1 heterocycles. The molecule has 0 fully saturated rings. The van der Waals surface area contributed by atoms with E-state index in [-0.39, 0.29) is 42.6 Å². The third kappa shape index (κ3) is 8.12. The summed E-state index contributed by atoms with van der Waals surface area (Å²) in [5, 5.41) is 2.87. The normalized spacial score (nSPS) is 12.2. The van der Waals surface area contributed by atoms with Gasteiger partial charge in [-0.3, -0.25) is 0 Å². The summed E-state index contributed by atoms with van der Waals surface area (Å²) in [5.74, 6) is -0.525. The van der Waals surface area contributed by atoms with Crippen LogP contribution in [0.4, 0.5) is 9.18 Å². The van der Waals surface area contributed by atoms with E-state index in [4.69, 9.17) is 4.74 Å². The van der Waals surface area contributed by atoms with Crippen molar-refractivity contribution in [2.75, 3.05) is 20.3 Å². The molecule has 2 amide bonds. The van der Waals surface area contributed by atoms with Crippen molar-refractivity contribution in [3.63, 3.8) is 0 Å². The fourth-order valence-electron chi connectivity index (χ4n) is 3.31. The summed E-state index contributed by atoms with van der Waals surface area (Å²) in [6.07, 6.45) is 1.49. The highest BCUT2D eigenvalue weighted by Crippen LogP contribution is 2.20. The Kier molecular flexibility index (Phi) is 9.02. The molecule has 0 radical (unpaired) electrons. The molecular formula is C23H35FN4O4S. The summed E-state index contributed by atoms with van der Waals surface area (Å²) in [4.78, 5) is 18.8. The Morgan fingerprint density at radius 3 is 2.42 bits per heavy atom. The van der Waals surface area contributed by atoms with Crippen LogP contribution in [0.3, 0.4) is 0 Å². The number of nitrogens with one attached hydrogen (secondary N) is 1. The predicted octanol–water partition coefficient (Wildman–Crippen LogP) is 3.61. The van der Waals surface area contributed by atoms with Crippen LogP contribution in [0.1, 0.15) is 45.9 Å². The summed E-state index contributed by atoms with van der Waals surface area (Å²) in [5.41, 5.74) is 0.645. The van der Waals surface area contributed by atoms with Gasteiger partial charge in [0, 0.05) is 25.7 Å². The number of methoxy groups -OCH3 is 1. The van der Waals surface area contributed by atoms with E-state index in [1.807, 2.05) is 34.6 Å². The van der Waals surface area contributed by atoms with E-state index in [1.165, 1.54) is 37.6 Å². The Morgan fingerprint density at radius 1 is 1.24 bits per heavy atom. The number of imidazole rings is 1. The maximum absolute atomic E-state index is 13.2. The average molecular weight is 483 g/mol. The van der Waals surface area contributed by atoms with E-state index < -0.39 is 21.2 Å². The van der Waals surface area contributed by atoms with Crippen LogP contribution in [0.2, 0.25) is 0 Å². The van der Waals surface area contributed by atoms with Gasteiger partial charge in [-0.15, -0.1) is 0 Å². The Bertz CT molecular complexity index is 1030. The number of halogens is 1. The lowest BCUT2D eigenvalue weighted by Gasteiger charge is -2.30. The van der Waals surface area contributed by atoms with Gasteiger partial charge in [0.15, 0.2) is 0 Å². The lowest BCUT2D eigenvalue weighted by atomic mass is 10.1. The van der Waals surface area contributed by atoms with Crippen molar-refractivity contribution >= 4 is 15.9 Å². The van der Waals surface area contributed by atoms with Crippen LogP contribution in [0.15, 0.2) is 35.6 Å².